The van der Waals surface area contributed by atoms with Gasteiger partial charge in [0.05, 0.1) is 12.5 Å². The zero-order valence-electron chi connectivity index (χ0n) is 17.7. The summed E-state index contributed by atoms with van der Waals surface area (Å²) in [7, 11) is 0. The van der Waals surface area contributed by atoms with Crippen LogP contribution in [0.2, 0.25) is 0 Å². The second-order valence-corrected chi connectivity index (χ2v) is 6.48. The first-order valence-electron chi connectivity index (χ1n) is 10.2. The summed E-state index contributed by atoms with van der Waals surface area (Å²) >= 11 is 0. The Morgan fingerprint density at radius 3 is 2.10 bits per heavy atom. The Bertz CT molecular complexity index is 694. The number of para-hydroxylation sites is 1. The maximum atomic E-state index is 11.6. The van der Waals surface area contributed by atoms with Gasteiger partial charge in [-0.1, -0.05) is 76.8 Å². The first-order valence-corrected chi connectivity index (χ1v) is 10.2. The Hall–Kier alpha value is -3.15. The van der Waals surface area contributed by atoms with E-state index in [-0.39, 0.29) is 5.95 Å². The van der Waals surface area contributed by atoms with Gasteiger partial charge in [-0.2, -0.15) is 0 Å². The van der Waals surface area contributed by atoms with Gasteiger partial charge < -0.3 is 24.1 Å². The second kappa shape index (κ2) is 15.7. The molecule has 0 aliphatic carbocycles. The van der Waals surface area contributed by atoms with E-state index >= 15 is 0 Å². The molecule has 0 aliphatic heterocycles. The molecule has 0 aromatic heterocycles. The fourth-order valence-electron chi connectivity index (χ4n) is 2.63. The van der Waals surface area contributed by atoms with Gasteiger partial charge in [0.1, 0.15) is 17.8 Å². The summed E-state index contributed by atoms with van der Waals surface area (Å²) in [5.41, 5.74) is 0. The SMILES string of the molecule is C=COC(OC=C)=C(OC=C(CCCCCCCCC)Oc1ccccc1)C(=O)O. The van der Waals surface area contributed by atoms with Crippen LogP contribution in [-0.4, -0.2) is 11.1 Å². The number of carbonyl (C=O) groups is 1. The Morgan fingerprint density at radius 2 is 1.53 bits per heavy atom. The number of hydrogen-bond donors (Lipinski definition) is 1. The Kier molecular flexibility index (Phi) is 13.1. The predicted molar refractivity (Wildman–Crippen MR) is 116 cm³/mol. The highest BCUT2D eigenvalue weighted by Crippen LogP contribution is 2.20. The zero-order chi connectivity index (χ0) is 22.0. The summed E-state index contributed by atoms with van der Waals surface area (Å²) in [4.78, 5) is 11.6. The largest absolute Gasteiger partial charge is 0.475 e. The fourth-order valence-corrected chi connectivity index (χ4v) is 2.63. The van der Waals surface area contributed by atoms with E-state index in [9.17, 15) is 9.90 Å². The lowest BCUT2D eigenvalue weighted by Crippen LogP contribution is -2.09. The quantitative estimate of drug-likeness (QED) is 0.174. The molecule has 1 aromatic rings. The summed E-state index contributed by atoms with van der Waals surface area (Å²) < 4.78 is 21.2. The normalized spacial score (nSPS) is 10.6. The van der Waals surface area contributed by atoms with Gasteiger partial charge in [0.15, 0.2) is 0 Å². The zero-order valence-corrected chi connectivity index (χ0v) is 17.7. The van der Waals surface area contributed by atoms with Gasteiger partial charge >= 0.3 is 11.9 Å². The van der Waals surface area contributed by atoms with Gasteiger partial charge in [0.2, 0.25) is 0 Å². The van der Waals surface area contributed by atoms with Crippen LogP contribution >= 0.6 is 0 Å². The minimum Gasteiger partial charge on any atom is -0.475 e. The number of benzene rings is 1. The van der Waals surface area contributed by atoms with Crippen molar-refractivity contribution in [3.63, 3.8) is 0 Å². The van der Waals surface area contributed by atoms with Crippen molar-refractivity contribution in [3.05, 3.63) is 79.7 Å². The first kappa shape index (κ1) is 24.9. The highest BCUT2D eigenvalue weighted by atomic mass is 16.7. The number of carboxylic acids is 1. The number of ether oxygens (including phenoxy) is 4. The monoisotopic (exact) mass is 416 g/mol. The highest BCUT2D eigenvalue weighted by Gasteiger charge is 2.20. The third-order valence-corrected chi connectivity index (χ3v) is 4.09. The summed E-state index contributed by atoms with van der Waals surface area (Å²) in [5.74, 6) is -1.13. The average Bonchev–Trinajstić information content (AvgIpc) is 2.73. The van der Waals surface area contributed by atoms with Crippen LogP contribution < -0.4 is 4.74 Å². The fraction of sp³-hybridized carbons (Fsp3) is 0.375. The molecule has 0 atom stereocenters. The Morgan fingerprint density at radius 1 is 0.933 bits per heavy atom. The number of unbranched alkanes of at least 4 members (excludes halogenated alkanes) is 6. The van der Waals surface area contributed by atoms with E-state index in [1.807, 2.05) is 30.3 Å². The first-order chi connectivity index (χ1) is 14.6. The maximum Gasteiger partial charge on any atom is 0.379 e. The maximum absolute atomic E-state index is 11.6. The molecule has 0 amide bonds. The molecule has 6 nitrogen and oxygen atoms in total. The molecule has 1 aromatic carbocycles. The summed E-state index contributed by atoms with van der Waals surface area (Å²) in [6.45, 7) is 8.98. The van der Waals surface area contributed by atoms with Crippen molar-refractivity contribution in [3.8, 4) is 5.75 Å². The summed E-state index contributed by atoms with van der Waals surface area (Å²) in [5, 5.41) is 9.43. The summed E-state index contributed by atoms with van der Waals surface area (Å²) in [6.07, 6.45) is 12.0. The van der Waals surface area contributed by atoms with Crippen molar-refractivity contribution in [1.29, 1.82) is 0 Å². The number of allylic oxidation sites excluding steroid dienone is 1. The minimum atomic E-state index is -1.36. The molecule has 30 heavy (non-hydrogen) atoms. The van der Waals surface area contributed by atoms with Crippen LogP contribution in [0.25, 0.3) is 0 Å². The van der Waals surface area contributed by atoms with E-state index in [0.717, 1.165) is 31.8 Å². The van der Waals surface area contributed by atoms with Gasteiger partial charge in [0.25, 0.3) is 5.76 Å². The van der Waals surface area contributed by atoms with E-state index in [2.05, 4.69) is 20.1 Å². The second-order valence-electron chi connectivity index (χ2n) is 6.48. The van der Waals surface area contributed by atoms with Crippen molar-refractivity contribution >= 4 is 5.97 Å². The van der Waals surface area contributed by atoms with Crippen LogP contribution in [-0.2, 0) is 19.0 Å². The van der Waals surface area contributed by atoms with Gasteiger partial charge in [-0.25, -0.2) is 4.79 Å². The van der Waals surface area contributed by atoms with Crippen LogP contribution in [0, 0.1) is 0 Å². The van der Waals surface area contributed by atoms with Crippen LogP contribution in [0.1, 0.15) is 58.3 Å². The molecule has 0 heterocycles. The van der Waals surface area contributed by atoms with Gasteiger partial charge in [-0.15, -0.1) is 0 Å². The lowest BCUT2D eigenvalue weighted by atomic mass is 10.1. The van der Waals surface area contributed by atoms with Gasteiger partial charge in [-0.05, 0) is 18.6 Å². The molecule has 0 bridgehead atoms. The molecule has 1 rings (SSSR count). The lowest BCUT2D eigenvalue weighted by molar-refractivity contribution is -0.136. The van der Waals surface area contributed by atoms with E-state index in [4.69, 9.17) is 18.9 Å². The van der Waals surface area contributed by atoms with Crippen molar-refractivity contribution in [2.45, 2.75) is 58.3 Å². The van der Waals surface area contributed by atoms with E-state index < -0.39 is 11.7 Å². The lowest BCUT2D eigenvalue weighted by Gasteiger charge is -2.12. The van der Waals surface area contributed by atoms with Crippen molar-refractivity contribution in [2.75, 3.05) is 0 Å². The molecule has 0 saturated heterocycles. The number of hydrogen-bond acceptors (Lipinski definition) is 5. The molecule has 0 fully saturated rings. The van der Waals surface area contributed by atoms with E-state index in [1.54, 1.807) is 0 Å². The molecular weight excluding hydrogens is 384 g/mol. The van der Waals surface area contributed by atoms with Crippen LogP contribution in [0.4, 0.5) is 0 Å². The molecule has 0 aliphatic rings. The molecule has 0 unspecified atom stereocenters. The minimum absolute atomic E-state index is 0.376. The molecule has 0 spiro atoms. The van der Waals surface area contributed by atoms with Crippen molar-refractivity contribution in [1.82, 2.24) is 0 Å². The van der Waals surface area contributed by atoms with E-state index in [1.165, 1.54) is 31.9 Å². The Balaban J connectivity index is 2.85. The van der Waals surface area contributed by atoms with Crippen LogP contribution in [0.5, 0.6) is 5.75 Å². The summed E-state index contributed by atoms with van der Waals surface area (Å²) in [6, 6.07) is 9.25. The molecule has 0 saturated carbocycles. The third-order valence-electron chi connectivity index (χ3n) is 4.09. The molecule has 1 N–H and O–H groups in total. The van der Waals surface area contributed by atoms with Crippen LogP contribution in [0.15, 0.2) is 79.7 Å². The smallest absolute Gasteiger partial charge is 0.379 e. The van der Waals surface area contributed by atoms with Gasteiger partial charge in [0, 0.05) is 6.42 Å². The Labute approximate surface area is 179 Å². The van der Waals surface area contributed by atoms with Crippen molar-refractivity contribution < 1.29 is 28.8 Å². The number of carboxylic acid groups (broad SMARTS) is 1. The van der Waals surface area contributed by atoms with E-state index in [0.29, 0.717) is 17.9 Å². The average molecular weight is 417 g/mol. The molecular formula is C24H32O6. The topological polar surface area (TPSA) is 74.2 Å². The standard InChI is InChI=1S/C24H32O6/c1-4-7-8-9-10-11-13-18-21(30-20-16-14-12-15-17-20)19-29-22(23(25)26)24(27-5-2)28-6-3/h5-6,12,14-17,19H,2-4,7-11,13,18H2,1H3,(H,25,26). The predicted octanol–water partition coefficient (Wildman–Crippen LogP) is 6.64. The highest BCUT2D eigenvalue weighted by molar-refractivity contribution is 5.84. The molecule has 6 heteroatoms. The molecule has 0 radical (unpaired) electrons. The van der Waals surface area contributed by atoms with Crippen LogP contribution in [0.3, 0.4) is 0 Å². The number of aliphatic carboxylic acids is 1. The molecule has 164 valence electrons. The van der Waals surface area contributed by atoms with Gasteiger partial charge in [-0.3, -0.25) is 0 Å². The third kappa shape index (κ3) is 10.4. The number of rotatable bonds is 17. The van der Waals surface area contributed by atoms with Crippen molar-refractivity contribution in [2.24, 2.45) is 0 Å².